The Morgan fingerprint density at radius 2 is 1.93 bits per heavy atom. The van der Waals surface area contributed by atoms with Crippen molar-refractivity contribution in [1.82, 2.24) is 15.5 Å². The van der Waals surface area contributed by atoms with Crippen molar-refractivity contribution in [2.24, 2.45) is 11.7 Å². The lowest BCUT2D eigenvalue weighted by atomic mass is 9.82. The standard InChI is InChI=1S/C22H22N4O4/c23-18-11-13(8-9-24-18)10-17-19(21(28)29)26(20(17)27)22(30)25-12-15-6-3-5-14-4-1-2-7-16(14)15/h1-9,11,17-19,24H,10,12,23H2,(H,25,30)(H,28,29)/t17-,18?,19+/m1/s1. The molecule has 30 heavy (non-hydrogen) atoms. The van der Waals surface area contributed by atoms with E-state index in [9.17, 15) is 19.5 Å². The number of urea groups is 1. The highest BCUT2D eigenvalue weighted by atomic mass is 16.4. The molecule has 2 aromatic rings. The average Bonchev–Trinajstić information content (AvgIpc) is 2.73. The Bertz CT molecular complexity index is 1070. The van der Waals surface area contributed by atoms with E-state index in [1.54, 1.807) is 18.4 Å². The number of carboxylic acid groups (broad SMARTS) is 1. The minimum atomic E-state index is -1.21. The van der Waals surface area contributed by atoms with E-state index in [-0.39, 0.29) is 19.1 Å². The zero-order valence-corrected chi connectivity index (χ0v) is 16.1. The number of β-lactam (4-membered cyclic amide) rings is 1. The average molecular weight is 406 g/mol. The van der Waals surface area contributed by atoms with E-state index >= 15 is 0 Å². The number of allylic oxidation sites excluding steroid dienone is 2. The molecule has 3 atom stereocenters. The number of benzene rings is 2. The van der Waals surface area contributed by atoms with E-state index in [4.69, 9.17) is 5.73 Å². The number of nitrogens with one attached hydrogen (secondary N) is 2. The van der Waals surface area contributed by atoms with Gasteiger partial charge in [-0.1, -0.05) is 42.5 Å². The SMILES string of the molecule is NC1C=C(C[C@H]2C(=O)N(C(=O)NCc3cccc4ccccc34)[C@@H]2C(=O)O)C=CN1. The van der Waals surface area contributed by atoms with E-state index in [0.717, 1.165) is 26.8 Å². The third-order valence-corrected chi connectivity index (χ3v) is 5.43. The molecule has 4 rings (SSSR count). The molecule has 3 amide bonds. The minimum Gasteiger partial charge on any atom is -0.480 e. The maximum atomic E-state index is 12.6. The van der Waals surface area contributed by atoms with Crippen molar-refractivity contribution in [2.75, 3.05) is 0 Å². The Balaban J connectivity index is 1.45. The molecular formula is C22H22N4O4. The highest BCUT2D eigenvalue weighted by molar-refractivity contribution is 6.07. The Kier molecular flexibility index (Phi) is 5.24. The van der Waals surface area contributed by atoms with Crippen LogP contribution in [0.1, 0.15) is 12.0 Å². The minimum absolute atomic E-state index is 0.190. The summed E-state index contributed by atoms with van der Waals surface area (Å²) in [6.45, 7) is 0.190. The number of carbonyl (C=O) groups is 3. The fraction of sp³-hybridized carbons (Fsp3) is 0.227. The molecule has 0 radical (unpaired) electrons. The van der Waals surface area contributed by atoms with E-state index in [1.165, 1.54) is 0 Å². The van der Waals surface area contributed by atoms with Crippen molar-refractivity contribution in [3.8, 4) is 0 Å². The topological polar surface area (TPSA) is 125 Å². The first-order chi connectivity index (χ1) is 14.5. The molecule has 1 unspecified atom stereocenters. The molecule has 0 spiro atoms. The molecule has 0 bridgehead atoms. The Labute approximate surface area is 173 Å². The number of nitrogens with zero attached hydrogens (tertiary/aromatic N) is 1. The van der Waals surface area contributed by atoms with Gasteiger partial charge < -0.3 is 21.5 Å². The number of aliphatic carboxylic acids is 1. The Morgan fingerprint density at radius 1 is 1.17 bits per heavy atom. The Morgan fingerprint density at radius 3 is 2.70 bits per heavy atom. The van der Waals surface area contributed by atoms with Gasteiger partial charge in [0.1, 0.15) is 0 Å². The summed E-state index contributed by atoms with van der Waals surface area (Å²) in [5, 5.41) is 17.2. The predicted molar refractivity (Wildman–Crippen MR) is 111 cm³/mol. The fourth-order valence-corrected chi connectivity index (χ4v) is 3.95. The number of likely N-dealkylation sites (tertiary alicyclic amines) is 1. The van der Waals surface area contributed by atoms with Crippen LogP contribution in [0.5, 0.6) is 0 Å². The molecule has 1 fully saturated rings. The van der Waals surface area contributed by atoms with Crippen LogP contribution in [-0.2, 0) is 16.1 Å². The fourth-order valence-electron chi connectivity index (χ4n) is 3.95. The molecule has 1 saturated heterocycles. The summed E-state index contributed by atoms with van der Waals surface area (Å²) < 4.78 is 0. The van der Waals surface area contributed by atoms with E-state index < -0.39 is 29.9 Å². The lowest BCUT2D eigenvalue weighted by molar-refractivity contribution is -0.165. The van der Waals surface area contributed by atoms with E-state index in [0.29, 0.717) is 0 Å². The number of rotatable bonds is 5. The number of hydrogen-bond acceptors (Lipinski definition) is 5. The molecule has 0 saturated carbocycles. The normalized spacial score (nSPS) is 22.8. The third-order valence-electron chi connectivity index (χ3n) is 5.43. The molecule has 2 aliphatic rings. The largest absolute Gasteiger partial charge is 0.480 e. The summed E-state index contributed by atoms with van der Waals surface area (Å²) in [6, 6.07) is 11.6. The van der Waals surface area contributed by atoms with Gasteiger partial charge >= 0.3 is 12.0 Å². The molecule has 0 aromatic heterocycles. The van der Waals surface area contributed by atoms with E-state index in [1.807, 2.05) is 42.5 Å². The molecule has 0 aliphatic carbocycles. The number of nitrogens with two attached hydrogens (primary N) is 1. The summed E-state index contributed by atoms with van der Waals surface area (Å²) in [5.74, 6) is -2.51. The highest BCUT2D eigenvalue weighted by Gasteiger charge is 2.54. The monoisotopic (exact) mass is 406 g/mol. The maximum absolute atomic E-state index is 12.6. The van der Waals surface area contributed by atoms with Crippen LogP contribution in [0, 0.1) is 5.92 Å². The Hall–Kier alpha value is -3.65. The molecular weight excluding hydrogens is 384 g/mol. The summed E-state index contributed by atoms with van der Waals surface area (Å²) in [5.41, 5.74) is 7.44. The molecule has 8 nitrogen and oxygen atoms in total. The van der Waals surface area contributed by atoms with E-state index in [2.05, 4.69) is 10.6 Å². The maximum Gasteiger partial charge on any atom is 0.327 e. The van der Waals surface area contributed by atoms with Crippen molar-refractivity contribution < 1.29 is 19.5 Å². The van der Waals surface area contributed by atoms with Gasteiger partial charge in [0.05, 0.1) is 12.1 Å². The molecule has 5 N–H and O–H groups in total. The molecule has 2 aliphatic heterocycles. The lowest BCUT2D eigenvalue weighted by Crippen LogP contribution is -2.68. The van der Waals surface area contributed by atoms with Gasteiger partial charge in [-0.15, -0.1) is 0 Å². The van der Waals surface area contributed by atoms with Crippen molar-refractivity contribution >= 4 is 28.7 Å². The molecule has 154 valence electrons. The molecule has 2 aromatic carbocycles. The van der Waals surface area contributed by atoms with Gasteiger partial charge in [-0.3, -0.25) is 4.79 Å². The number of hydrogen-bond donors (Lipinski definition) is 4. The predicted octanol–water partition coefficient (Wildman–Crippen LogP) is 1.68. The first-order valence-corrected chi connectivity index (χ1v) is 9.65. The number of imide groups is 1. The summed E-state index contributed by atoms with van der Waals surface area (Å²) >= 11 is 0. The highest BCUT2D eigenvalue weighted by Crippen LogP contribution is 2.33. The number of amides is 3. The van der Waals surface area contributed by atoms with Gasteiger partial charge in [0, 0.05) is 6.54 Å². The van der Waals surface area contributed by atoms with Crippen LogP contribution in [0.25, 0.3) is 10.8 Å². The first-order valence-electron chi connectivity index (χ1n) is 9.65. The number of dihydropyridines is 1. The van der Waals surface area contributed by atoms with Crippen molar-refractivity contribution in [3.05, 3.63) is 72.0 Å². The second-order valence-corrected chi connectivity index (χ2v) is 7.37. The molecule has 2 heterocycles. The summed E-state index contributed by atoms with van der Waals surface area (Å²) in [7, 11) is 0. The zero-order valence-electron chi connectivity index (χ0n) is 16.1. The van der Waals surface area contributed by atoms with Crippen molar-refractivity contribution in [2.45, 2.75) is 25.2 Å². The van der Waals surface area contributed by atoms with Crippen LogP contribution in [0.3, 0.4) is 0 Å². The van der Waals surface area contributed by atoms with Gasteiger partial charge in [-0.2, -0.15) is 0 Å². The molecule has 8 heteroatoms. The quantitative estimate of drug-likeness (QED) is 0.560. The summed E-state index contributed by atoms with van der Waals surface area (Å²) in [6.07, 6.45) is 4.97. The second-order valence-electron chi connectivity index (χ2n) is 7.37. The van der Waals surface area contributed by atoms with Crippen LogP contribution in [0.4, 0.5) is 4.79 Å². The van der Waals surface area contributed by atoms with Gasteiger partial charge in [-0.05, 0) is 46.7 Å². The second kappa shape index (κ2) is 8.00. The van der Waals surface area contributed by atoms with Crippen molar-refractivity contribution in [3.63, 3.8) is 0 Å². The van der Waals surface area contributed by atoms with Crippen molar-refractivity contribution in [1.29, 1.82) is 0 Å². The zero-order chi connectivity index (χ0) is 21.3. The van der Waals surface area contributed by atoms with Crippen LogP contribution >= 0.6 is 0 Å². The first kappa shape index (κ1) is 19.7. The van der Waals surface area contributed by atoms with Crippen LogP contribution in [-0.4, -0.2) is 40.1 Å². The van der Waals surface area contributed by atoms with Gasteiger partial charge in [0.2, 0.25) is 5.91 Å². The third kappa shape index (κ3) is 3.65. The number of fused-ring (bicyclic) bond motifs is 1. The van der Waals surface area contributed by atoms with Gasteiger partial charge in [0.15, 0.2) is 6.04 Å². The van der Waals surface area contributed by atoms with Gasteiger partial charge in [-0.25, -0.2) is 14.5 Å². The van der Waals surface area contributed by atoms with Gasteiger partial charge in [0.25, 0.3) is 0 Å². The number of carboxylic acids is 1. The smallest absolute Gasteiger partial charge is 0.327 e. The lowest BCUT2D eigenvalue weighted by Gasteiger charge is -2.43. The number of carbonyl (C=O) groups excluding carboxylic acids is 2. The van der Waals surface area contributed by atoms with Crippen LogP contribution < -0.4 is 16.4 Å². The summed E-state index contributed by atoms with van der Waals surface area (Å²) in [4.78, 5) is 37.8. The van der Waals surface area contributed by atoms with Crippen LogP contribution in [0.2, 0.25) is 0 Å². The van der Waals surface area contributed by atoms with Crippen LogP contribution in [0.15, 0.2) is 66.4 Å².